The number of carbonyl (C=O) groups is 1. The second kappa shape index (κ2) is 7.65. The molecule has 8 heteroatoms. The van der Waals surface area contributed by atoms with Gasteiger partial charge in [-0.15, -0.1) is 11.3 Å². The second-order valence-corrected chi connectivity index (χ2v) is 7.26. The Balaban J connectivity index is 1.71. The molecule has 1 aromatic carbocycles. The van der Waals surface area contributed by atoms with Crippen molar-refractivity contribution in [2.24, 2.45) is 0 Å². The molecular formula is C18H21N5O2S. The zero-order valence-corrected chi connectivity index (χ0v) is 16.0. The number of nitrogens with one attached hydrogen (secondary N) is 2. The van der Waals surface area contributed by atoms with Gasteiger partial charge in [0.15, 0.2) is 0 Å². The number of rotatable bonds is 5. The van der Waals surface area contributed by atoms with E-state index in [9.17, 15) is 4.79 Å². The van der Waals surface area contributed by atoms with Crippen LogP contribution in [0.4, 0.5) is 10.5 Å². The van der Waals surface area contributed by atoms with E-state index in [-0.39, 0.29) is 12.1 Å². The van der Waals surface area contributed by atoms with E-state index in [4.69, 9.17) is 4.52 Å². The molecule has 2 aromatic heterocycles. The lowest BCUT2D eigenvalue weighted by atomic mass is 10.2. The van der Waals surface area contributed by atoms with Gasteiger partial charge in [-0.25, -0.2) is 9.78 Å². The summed E-state index contributed by atoms with van der Waals surface area (Å²) in [6, 6.07) is 7.22. The Kier molecular flexibility index (Phi) is 5.32. The quantitative estimate of drug-likeness (QED) is 0.693. The summed E-state index contributed by atoms with van der Waals surface area (Å²) in [5, 5.41) is 10.7. The van der Waals surface area contributed by atoms with Crippen LogP contribution in [0.3, 0.4) is 0 Å². The minimum atomic E-state index is -0.218. The van der Waals surface area contributed by atoms with Gasteiger partial charge in [0, 0.05) is 17.3 Å². The first kappa shape index (κ1) is 18.1. The van der Waals surface area contributed by atoms with Crippen LogP contribution in [0.25, 0.3) is 22.2 Å². The van der Waals surface area contributed by atoms with Gasteiger partial charge in [0.1, 0.15) is 4.88 Å². The van der Waals surface area contributed by atoms with Gasteiger partial charge < -0.3 is 15.2 Å². The smallest absolute Gasteiger partial charge is 0.319 e. The van der Waals surface area contributed by atoms with E-state index in [0.717, 1.165) is 27.6 Å². The molecule has 2 heterocycles. The molecule has 3 aromatic rings. The number of anilines is 1. The number of nitrogens with zero attached hydrogens (tertiary/aromatic N) is 3. The average molecular weight is 371 g/mol. The van der Waals surface area contributed by atoms with Gasteiger partial charge in [-0.1, -0.05) is 12.1 Å². The number of thiazole rings is 1. The number of carbonyl (C=O) groups excluding carboxylic acids is 1. The van der Waals surface area contributed by atoms with Gasteiger partial charge in [-0.05, 0) is 51.5 Å². The number of benzene rings is 1. The Morgan fingerprint density at radius 2 is 1.96 bits per heavy atom. The number of amides is 2. The molecule has 1 unspecified atom stereocenters. The SMILES string of the molecule is CCC(C)NC(=O)Nc1ccc(-c2noc(-c3sc(C)nc3C)n2)cc1. The summed E-state index contributed by atoms with van der Waals surface area (Å²) in [5.74, 6) is 0.972. The Bertz CT molecular complexity index is 901. The van der Waals surface area contributed by atoms with Crippen LogP contribution in [-0.4, -0.2) is 27.2 Å². The Morgan fingerprint density at radius 3 is 2.58 bits per heavy atom. The van der Waals surface area contributed by atoms with Crippen LogP contribution in [0.2, 0.25) is 0 Å². The van der Waals surface area contributed by atoms with Crippen molar-refractivity contribution >= 4 is 23.1 Å². The maximum atomic E-state index is 11.9. The summed E-state index contributed by atoms with van der Waals surface area (Å²) in [6.07, 6.45) is 0.880. The van der Waals surface area contributed by atoms with E-state index >= 15 is 0 Å². The van der Waals surface area contributed by atoms with E-state index in [0.29, 0.717) is 17.4 Å². The van der Waals surface area contributed by atoms with Crippen molar-refractivity contribution in [3.05, 3.63) is 35.0 Å². The topological polar surface area (TPSA) is 92.9 Å². The highest BCUT2D eigenvalue weighted by Gasteiger charge is 2.16. The molecule has 0 saturated carbocycles. The molecule has 2 N–H and O–H groups in total. The van der Waals surface area contributed by atoms with Crippen LogP contribution in [0.5, 0.6) is 0 Å². The molecular weight excluding hydrogens is 350 g/mol. The van der Waals surface area contributed by atoms with E-state index < -0.39 is 0 Å². The van der Waals surface area contributed by atoms with E-state index in [1.165, 1.54) is 11.3 Å². The van der Waals surface area contributed by atoms with Crippen LogP contribution in [0.15, 0.2) is 28.8 Å². The van der Waals surface area contributed by atoms with E-state index in [1.807, 2.05) is 52.0 Å². The van der Waals surface area contributed by atoms with Crippen LogP contribution >= 0.6 is 11.3 Å². The molecule has 0 saturated heterocycles. The number of hydrogen-bond donors (Lipinski definition) is 2. The molecule has 0 radical (unpaired) electrons. The summed E-state index contributed by atoms with van der Waals surface area (Å²) >= 11 is 1.53. The van der Waals surface area contributed by atoms with Crippen molar-refractivity contribution in [2.45, 2.75) is 40.2 Å². The predicted molar refractivity (Wildman–Crippen MR) is 102 cm³/mol. The predicted octanol–water partition coefficient (Wildman–Crippen LogP) is 4.40. The molecule has 0 aliphatic carbocycles. The molecule has 1 atom stereocenters. The average Bonchev–Trinajstić information content (AvgIpc) is 3.21. The maximum absolute atomic E-state index is 11.9. The van der Waals surface area contributed by atoms with Crippen LogP contribution < -0.4 is 10.6 Å². The molecule has 0 bridgehead atoms. The Hall–Kier alpha value is -2.74. The highest BCUT2D eigenvalue weighted by Crippen LogP contribution is 2.30. The van der Waals surface area contributed by atoms with Crippen LogP contribution in [0.1, 0.15) is 31.0 Å². The molecule has 3 rings (SSSR count). The van der Waals surface area contributed by atoms with Crippen molar-refractivity contribution in [2.75, 3.05) is 5.32 Å². The zero-order valence-electron chi connectivity index (χ0n) is 15.2. The molecule has 7 nitrogen and oxygen atoms in total. The second-order valence-electron chi connectivity index (χ2n) is 6.06. The monoisotopic (exact) mass is 371 g/mol. The Labute approximate surface area is 155 Å². The largest absolute Gasteiger partial charge is 0.335 e. The molecule has 2 amide bonds. The lowest BCUT2D eigenvalue weighted by Gasteiger charge is -2.12. The molecule has 0 fully saturated rings. The van der Waals surface area contributed by atoms with E-state index in [1.54, 1.807) is 0 Å². The fourth-order valence-corrected chi connectivity index (χ4v) is 3.20. The Morgan fingerprint density at radius 1 is 1.23 bits per heavy atom. The third kappa shape index (κ3) is 4.08. The first-order chi connectivity index (χ1) is 12.5. The van der Waals surface area contributed by atoms with Crippen molar-refractivity contribution in [3.63, 3.8) is 0 Å². The normalized spacial score (nSPS) is 12.0. The highest BCUT2D eigenvalue weighted by atomic mass is 32.1. The summed E-state index contributed by atoms with van der Waals surface area (Å²) in [5.41, 5.74) is 2.40. The van der Waals surface area contributed by atoms with Crippen LogP contribution in [-0.2, 0) is 0 Å². The number of aromatic nitrogens is 3. The van der Waals surface area contributed by atoms with Crippen molar-refractivity contribution in [1.29, 1.82) is 0 Å². The summed E-state index contributed by atoms with van der Waals surface area (Å²) in [7, 11) is 0. The summed E-state index contributed by atoms with van der Waals surface area (Å²) in [4.78, 5) is 21.6. The van der Waals surface area contributed by atoms with Gasteiger partial charge in [0.05, 0.1) is 10.7 Å². The standard InChI is InChI=1S/C18H21N5O2S/c1-5-10(2)19-18(24)21-14-8-6-13(7-9-14)16-22-17(25-23-16)15-11(3)20-12(4)26-15/h6-10H,5H2,1-4H3,(H2,19,21,24). The summed E-state index contributed by atoms with van der Waals surface area (Å²) < 4.78 is 5.38. The molecule has 0 aliphatic rings. The van der Waals surface area contributed by atoms with E-state index in [2.05, 4.69) is 25.8 Å². The van der Waals surface area contributed by atoms with Crippen LogP contribution in [0, 0.1) is 13.8 Å². The minimum absolute atomic E-state index is 0.130. The third-order valence-corrected chi connectivity index (χ3v) is 4.98. The first-order valence-corrected chi connectivity index (χ1v) is 9.24. The van der Waals surface area contributed by atoms with Crippen molar-refractivity contribution in [1.82, 2.24) is 20.4 Å². The van der Waals surface area contributed by atoms with Crippen molar-refractivity contribution < 1.29 is 9.32 Å². The fraction of sp³-hybridized carbons (Fsp3) is 0.333. The highest BCUT2D eigenvalue weighted by molar-refractivity contribution is 7.15. The minimum Gasteiger partial charge on any atom is -0.335 e. The number of aryl methyl sites for hydroxylation is 2. The molecule has 0 aliphatic heterocycles. The van der Waals surface area contributed by atoms with Gasteiger partial charge in [-0.2, -0.15) is 4.98 Å². The van der Waals surface area contributed by atoms with Gasteiger partial charge in [0.25, 0.3) is 5.89 Å². The number of hydrogen-bond acceptors (Lipinski definition) is 6. The number of urea groups is 1. The molecule has 0 spiro atoms. The fourth-order valence-electron chi connectivity index (χ4n) is 2.36. The maximum Gasteiger partial charge on any atom is 0.319 e. The lowest BCUT2D eigenvalue weighted by Crippen LogP contribution is -2.35. The van der Waals surface area contributed by atoms with Crippen molar-refractivity contribution in [3.8, 4) is 22.2 Å². The van der Waals surface area contributed by atoms with Gasteiger partial charge >= 0.3 is 6.03 Å². The van der Waals surface area contributed by atoms with Gasteiger partial charge in [-0.3, -0.25) is 0 Å². The first-order valence-electron chi connectivity index (χ1n) is 8.42. The molecule has 26 heavy (non-hydrogen) atoms. The summed E-state index contributed by atoms with van der Waals surface area (Å²) in [6.45, 7) is 7.85. The third-order valence-electron chi connectivity index (χ3n) is 3.91. The zero-order chi connectivity index (χ0) is 18.7. The molecule has 136 valence electrons. The van der Waals surface area contributed by atoms with Gasteiger partial charge in [0.2, 0.25) is 5.82 Å². The lowest BCUT2D eigenvalue weighted by molar-refractivity contribution is 0.249.